The Hall–Kier alpha value is -3.62. The van der Waals surface area contributed by atoms with Gasteiger partial charge >= 0.3 is 11.9 Å². The molecule has 2 aromatic heterocycles. The van der Waals surface area contributed by atoms with E-state index < -0.39 is 11.6 Å². The van der Waals surface area contributed by atoms with Crippen molar-refractivity contribution in [2.75, 3.05) is 6.61 Å². The Morgan fingerprint density at radius 2 is 1.72 bits per heavy atom. The smallest absolute Gasteiger partial charge is 0.328 e. The summed E-state index contributed by atoms with van der Waals surface area (Å²) >= 11 is 0. The normalized spacial score (nSPS) is 11.4. The molecule has 168 valence electrons. The number of rotatable bonds is 7. The Morgan fingerprint density at radius 3 is 2.31 bits per heavy atom. The lowest BCUT2D eigenvalue weighted by Gasteiger charge is -2.19. The summed E-state index contributed by atoms with van der Waals surface area (Å²) < 4.78 is 11.8. The third-order valence-electron chi connectivity index (χ3n) is 4.43. The summed E-state index contributed by atoms with van der Waals surface area (Å²) in [6.07, 6.45) is 3.22. The zero-order valence-electron chi connectivity index (χ0n) is 18.8. The first kappa shape index (κ1) is 23.1. The highest BCUT2D eigenvalue weighted by molar-refractivity contribution is 6.06. The number of hydrogen-bond donors (Lipinski definition) is 0. The molecule has 0 unspecified atom stereocenters. The molecule has 0 aliphatic carbocycles. The average Bonchev–Trinajstić information content (AvgIpc) is 3.05. The summed E-state index contributed by atoms with van der Waals surface area (Å²) in [6.45, 7) is 8.74. The quantitative estimate of drug-likeness (QED) is 0.408. The van der Waals surface area contributed by atoms with Crippen LogP contribution < -0.4 is 0 Å². The predicted octanol–water partition coefficient (Wildman–Crippen LogP) is 3.14. The minimum Gasteiger partial charge on any atom is -0.466 e. The van der Waals surface area contributed by atoms with Gasteiger partial charge in [-0.2, -0.15) is 5.10 Å². The minimum atomic E-state index is -0.615. The van der Waals surface area contributed by atoms with Crippen LogP contribution in [0.4, 0.5) is 0 Å². The van der Waals surface area contributed by atoms with Gasteiger partial charge in [-0.25, -0.2) is 9.97 Å². The number of nitrogens with zero attached hydrogens (tertiary/aromatic N) is 4. The van der Waals surface area contributed by atoms with Crippen molar-refractivity contribution in [3.63, 3.8) is 0 Å². The summed E-state index contributed by atoms with van der Waals surface area (Å²) in [5, 5.41) is 4.96. The highest BCUT2D eigenvalue weighted by atomic mass is 16.6. The van der Waals surface area contributed by atoms with E-state index in [9.17, 15) is 14.4 Å². The van der Waals surface area contributed by atoms with Gasteiger partial charge < -0.3 is 9.47 Å². The van der Waals surface area contributed by atoms with Crippen molar-refractivity contribution in [1.29, 1.82) is 0 Å². The van der Waals surface area contributed by atoms with E-state index in [1.54, 1.807) is 46.2 Å². The summed E-state index contributed by atoms with van der Waals surface area (Å²) in [6, 6.07) is 5.44. The molecule has 1 aromatic carbocycles. The van der Waals surface area contributed by atoms with E-state index in [0.29, 0.717) is 28.9 Å². The van der Waals surface area contributed by atoms with Gasteiger partial charge in [0.05, 0.1) is 12.1 Å². The van der Waals surface area contributed by atoms with Gasteiger partial charge in [-0.15, -0.1) is 0 Å². The van der Waals surface area contributed by atoms with Gasteiger partial charge in [0.2, 0.25) is 0 Å². The van der Waals surface area contributed by atoms with E-state index in [4.69, 9.17) is 9.47 Å². The number of ketones is 1. The maximum absolute atomic E-state index is 12.3. The molecule has 32 heavy (non-hydrogen) atoms. The molecule has 0 spiro atoms. The van der Waals surface area contributed by atoms with E-state index in [-0.39, 0.29) is 30.4 Å². The lowest BCUT2D eigenvalue weighted by molar-refractivity contribution is -0.155. The van der Waals surface area contributed by atoms with E-state index in [0.717, 1.165) is 5.56 Å². The number of hydrogen-bond acceptors (Lipinski definition) is 8. The molecular weight excluding hydrogens is 412 g/mol. The fourth-order valence-electron chi connectivity index (χ4n) is 3.17. The van der Waals surface area contributed by atoms with Crippen molar-refractivity contribution in [2.24, 2.45) is 0 Å². The van der Waals surface area contributed by atoms with Crippen molar-refractivity contribution in [3.05, 3.63) is 42.1 Å². The summed E-state index contributed by atoms with van der Waals surface area (Å²) in [5.41, 5.74) is 1.79. The second-order valence-corrected chi connectivity index (χ2v) is 8.25. The number of Topliss-reactive ketones (excluding diaryl/α,β-unsaturated/α-hetero) is 1. The molecule has 9 nitrogen and oxygen atoms in total. The zero-order valence-corrected chi connectivity index (χ0v) is 18.8. The Labute approximate surface area is 185 Å². The van der Waals surface area contributed by atoms with Crippen LogP contribution in [0, 0.1) is 0 Å². The van der Waals surface area contributed by atoms with Gasteiger partial charge in [0.1, 0.15) is 30.1 Å². The van der Waals surface area contributed by atoms with Gasteiger partial charge in [0.15, 0.2) is 5.78 Å². The summed E-state index contributed by atoms with van der Waals surface area (Å²) in [7, 11) is 0. The molecular formula is C23H26N4O5. The highest BCUT2D eigenvalue weighted by Gasteiger charge is 2.20. The van der Waals surface area contributed by atoms with Crippen molar-refractivity contribution in [2.45, 2.75) is 53.2 Å². The van der Waals surface area contributed by atoms with Gasteiger partial charge in [-0.1, -0.05) is 6.07 Å². The van der Waals surface area contributed by atoms with Crippen LogP contribution >= 0.6 is 0 Å². The molecule has 3 rings (SSSR count). The average molecular weight is 438 g/mol. The van der Waals surface area contributed by atoms with E-state index in [1.807, 2.05) is 12.1 Å². The Bertz CT molecular complexity index is 1160. The van der Waals surface area contributed by atoms with Crippen LogP contribution in [0.1, 0.15) is 50.9 Å². The van der Waals surface area contributed by atoms with Crippen molar-refractivity contribution >= 4 is 28.6 Å². The number of aromatic nitrogens is 4. The van der Waals surface area contributed by atoms with Crippen molar-refractivity contribution < 1.29 is 23.9 Å². The van der Waals surface area contributed by atoms with Gasteiger partial charge in [-0.05, 0) is 45.4 Å². The molecule has 0 atom stereocenters. The third kappa shape index (κ3) is 5.54. The molecule has 0 bridgehead atoms. The maximum Gasteiger partial charge on any atom is 0.328 e. The second-order valence-electron chi connectivity index (χ2n) is 8.25. The number of benzene rings is 1. The van der Waals surface area contributed by atoms with Crippen molar-refractivity contribution in [1.82, 2.24) is 19.7 Å². The Morgan fingerprint density at radius 1 is 1.03 bits per heavy atom. The first-order valence-corrected chi connectivity index (χ1v) is 10.3. The van der Waals surface area contributed by atoms with Crippen LogP contribution in [0.15, 0.2) is 30.6 Å². The van der Waals surface area contributed by atoms with E-state index >= 15 is 0 Å². The fourth-order valence-corrected chi connectivity index (χ4v) is 3.17. The molecule has 0 radical (unpaired) electrons. The highest BCUT2D eigenvalue weighted by Crippen LogP contribution is 2.27. The molecule has 0 aliphatic rings. The standard InChI is InChI=1S/C23H26N4O5/c1-6-31-20(29)10-19-24-11-16(12-25-19)15-7-8-18-17(9-15)22(14(2)28)26-27(18)13-21(30)32-23(3,4)5/h7-9,11-12H,6,10,13H2,1-5H3. The van der Waals surface area contributed by atoms with Crippen LogP contribution in [0.25, 0.3) is 22.0 Å². The van der Waals surface area contributed by atoms with Gasteiger partial charge in [-0.3, -0.25) is 19.1 Å². The number of esters is 2. The molecule has 2 heterocycles. The number of carbonyl (C=O) groups excluding carboxylic acids is 3. The largest absolute Gasteiger partial charge is 0.466 e. The predicted molar refractivity (Wildman–Crippen MR) is 117 cm³/mol. The Balaban J connectivity index is 1.91. The number of ether oxygens (including phenoxy) is 2. The topological polar surface area (TPSA) is 113 Å². The number of carbonyl (C=O) groups is 3. The van der Waals surface area contributed by atoms with E-state index in [2.05, 4.69) is 15.1 Å². The summed E-state index contributed by atoms with van der Waals surface area (Å²) in [4.78, 5) is 44.5. The lowest BCUT2D eigenvalue weighted by Crippen LogP contribution is -2.26. The fraction of sp³-hybridized carbons (Fsp3) is 0.391. The number of fused-ring (bicyclic) bond motifs is 1. The zero-order chi connectivity index (χ0) is 23.5. The van der Waals surface area contributed by atoms with Crippen LogP contribution in [-0.2, 0) is 32.0 Å². The van der Waals surface area contributed by atoms with E-state index in [1.165, 1.54) is 11.6 Å². The minimum absolute atomic E-state index is 0.000917. The maximum atomic E-state index is 12.3. The molecule has 0 aliphatic heterocycles. The first-order valence-electron chi connectivity index (χ1n) is 10.3. The van der Waals surface area contributed by atoms with Crippen LogP contribution in [-0.4, -0.2) is 49.7 Å². The van der Waals surface area contributed by atoms with Crippen LogP contribution in [0.3, 0.4) is 0 Å². The van der Waals surface area contributed by atoms with Crippen LogP contribution in [0.5, 0.6) is 0 Å². The van der Waals surface area contributed by atoms with Crippen molar-refractivity contribution in [3.8, 4) is 11.1 Å². The van der Waals surface area contributed by atoms with Gasteiger partial charge in [0.25, 0.3) is 0 Å². The molecule has 0 saturated carbocycles. The third-order valence-corrected chi connectivity index (χ3v) is 4.43. The molecule has 0 N–H and O–H groups in total. The van der Waals surface area contributed by atoms with Gasteiger partial charge in [0, 0.05) is 30.3 Å². The van der Waals surface area contributed by atoms with Crippen LogP contribution in [0.2, 0.25) is 0 Å². The SMILES string of the molecule is CCOC(=O)Cc1ncc(-c2ccc3c(c2)c(C(C)=O)nn3CC(=O)OC(C)(C)C)cn1. The molecule has 3 aromatic rings. The molecule has 0 saturated heterocycles. The summed E-state index contributed by atoms with van der Waals surface area (Å²) in [5.74, 6) is -0.671. The lowest BCUT2D eigenvalue weighted by atomic mass is 10.0. The Kier molecular flexibility index (Phi) is 6.67. The monoisotopic (exact) mass is 438 g/mol. The molecule has 0 fully saturated rings. The first-order chi connectivity index (χ1) is 15.1. The second kappa shape index (κ2) is 9.25. The molecule has 9 heteroatoms. The molecule has 0 amide bonds.